The Hall–Kier alpha value is -0.770. The molecule has 1 unspecified atom stereocenters. The van der Waals surface area contributed by atoms with Gasteiger partial charge in [-0.05, 0) is 26.0 Å². The van der Waals surface area contributed by atoms with Crippen LogP contribution in [0.4, 0.5) is 0 Å². The molecule has 0 fully saturated rings. The standard InChI is InChI=1S/C11H12Cl2O3/c1-11(2,10(15)16)9(14)8-6(12)4-3-5-7(8)13/h3-5,9,14H,1-2H3,(H,15,16). The Kier molecular flexibility index (Phi) is 3.84. The number of hydrogen-bond donors (Lipinski definition) is 2. The summed E-state index contributed by atoms with van der Waals surface area (Å²) in [7, 11) is 0. The molecule has 0 bridgehead atoms. The highest BCUT2D eigenvalue weighted by Crippen LogP contribution is 2.40. The summed E-state index contributed by atoms with van der Waals surface area (Å²) in [4.78, 5) is 11.0. The van der Waals surface area contributed by atoms with Crippen molar-refractivity contribution in [1.29, 1.82) is 0 Å². The van der Waals surface area contributed by atoms with Gasteiger partial charge in [0.15, 0.2) is 0 Å². The number of aliphatic hydroxyl groups is 1. The fourth-order valence-corrected chi connectivity index (χ4v) is 1.85. The first-order valence-electron chi connectivity index (χ1n) is 4.64. The lowest BCUT2D eigenvalue weighted by Crippen LogP contribution is -2.31. The highest BCUT2D eigenvalue weighted by molar-refractivity contribution is 6.36. The molecule has 0 amide bonds. The van der Waals surface area contributed by atoms with Crippen LogP contribution in [0.3, 0.4) is 0 Å². The van der Waals surface area contributed by atoms with E-state index >= 15 is 0 Å². The minimum Gasteiger partial charge on any atom is -0.481 e. The molecule has 1 aromatic rings. The fourth-order valence-electron chi connectivity index (χ4n) is 1.25. The summed E-state index contributed by atoms with van der Waals surface area (Å²) in [5.74, 6) is -1.11. The largest absolute Gasteiger partial charge is 0.481 e. The maximum absolute atomic E-state index is 11.0. The van der Waals surface area contributed by atoms with E-state index in [4.69, 9.17) is 28.3 Å². The number of carboxylic acid groups (broad SMARTS) is 1. The quantitative estimate of drug-likeness (QED) is 0.880. The molecule has 0 aliphatic carbocycles. The summed E-state index contributed by atoms with van der Waals surface area (Å²) in [6.45, 7) is 2.83. The van der Waals surface area contributed by atoms with Crippen LogP contribution in [0.15, 0.2) is 18.2 Å². The second-order valence-electron chi connectivity index (χ2n) is 4.06. The zero-order chi connectivity index (χ0) is 12.5. The Morgan fingerprint density at radius 1 is 1.31 bits per heavy atom. The van der Waals surface area contributed by atoms with Gasteiger partial charge in [0.2, 0.25) is 0 Å². The van der Waals surface area contributed by atoms with Gasteiger partial charge < -0.3 is 10.2 Å². The molecular weight excluding hydrogens is 251 g/mol. The van der Waals surface area contributed by atoms with Crippen LogP contribution in [0.2, 0.25) is 10.0 Å². The van der Waals surface area contributed by atoms with Crippen molar-refractivity contribution in [2.75, 3.05) is 0 Å². The van der Waals surface area contributed by atoms with Crippen molar-refractivity contribution in [2.45, 2.75) is 20.0 Å². The summed E-state index contributed by atoms with van der Waals surface area (Å²) < 4.78 is 0. The van der Waals surface area contributed by atoms with E-state index in [9.17, 15) is 9.90 Å². The molecule has 1 rings (SSSR count). The average molecular weight is 263 g/mol. The molecule has 0 spiro atoms. The zero-order valence-electron chi connectivity index (χ0n) is 8.87. The number of aliphatic hydroxyl groups excluding tert-OH is 1. The SMILES string of the molecule is CC(C)(C(=O)O)C(O)c1c(Cl)cccc1Cl. The first kappa shape index (κ1) is 13.3. The van der Waals surface area contributed by atoms with Gasteiger partial charge in [-0.15, -0.1) is 0 Å². The molecule has 0 aliphatic rings. The van der Waals surface area contributed by atoms with Crippen molar-refractivity contribution in [2.24, 2.45) is 5.41 Å². The lowest BCUT2D eigenvalue weighted by molar-refractivity contribution is -0.153. The van der Waals surface area contributed by atoms with Crippen LogP contribution < -0.4 is 0 Å². The number of carbonyl (C=O) groups is 1. The highest BCUT2D eigenvalue weighted by atomic mass is 35.5. The molecule has 1 aromatic carbocycles. The third-order valence-electron chi connectivity index (χ3n) is 2.51. The molecule has 0 aliphatic heterocycles. The third-order valence-corrected chi connectivity index (χ3v) is 3.17. The number of rotatable bonds is 3. The Morgan fingerprint density at radius 3 is 2.12 bits per heavy atom. The van der Waals surface area contributed by atoms with Crippen molar-refractivity contribution in [3.63, 3.8) is 0 Å². The number of hydrogen-bond acceptors (Lipinski definition) is 2. The van der Waals surface area contributed by atoms with E-state index in [1.807, 2.05) is 0 Å². The van der Waals surface area contributed by atoms with Gasteiger partial charge in [0.05, 0.1) is 11.5 Å². The first-order chi connectivity index (χ1) is 7.28. The van der Waals surface area contributed by atoms with Crippen LogP contribution in [0.5, 0.6) is 0 Å². The number of carboxylic acids is 1. The Labute approximate surface area is 104 Å². The maximum atomic E-state index is 11.0. The van der Waals surface area contributed by atoms with Gasteiger partial charge in [0.1, 0.15) is 0 Å². The van der Waals surface area contributed by atoms with E-state index in [1.165, 1.54) is 13.8 Å². The molecular formula is C11H12Cl2O3. The molecule has 3 nitrogen and oxygen atoms in total. The first-order valence-corrected chi connectivity index (χ1v) is 5.39. The van der Waals surface area contributed by atoms with E-state index in [-0.39, 0.29) is 15.6 Å². The monoisotopic (exact) mass is 262 g/mol. The summed E-state index contributed by atoms with van der Waals surface area (Å²) in [5, 5.41) is 19.6. The second-order valence-corrected chi connectivity index (χ2v) is 4.88. The Bertz CT molecular complexity index is 395. The minimum absolute atomic E-state index is 0.248. The molecule has 2 N–H and O–H groups in total. The Balaban J connectivity index is 3.24. The van der Waals surface area contributed by atoms with Crippen LogP contribution >= 0.6 is 23.2 Å². The predicted octanol–water partition coefficient (Wildman–Crippen LogP) is 3.14. The van der Waals surface area contributed by atoms with Gasteiger partial charge in [0, 0.05) is 15.6 Å². The number of aliphatic carboxylic acids is 1. The summed E-state index contributed by atoms with van der Waals surface area (Å²) >= 11 is 11.8. The predicted molar refractivity (Wildman–Crippen MR) is 62.8 cm³/mol. The normalized spacial score (nSPS) is 13.6. The van der Waals surface area contributed by atoms with E-state index in [1.54, 1.807) is 18.2 Å². The lowest BCUT2D eigenvalue weighted by Gasteiger charge is -2.27. The van der Waals surface area contributed by atoms with Gasteiger partial charge >= 0.3 is 5.97 Å². The van der Waals surface area contributed by atoms with Crippen molar-refractivity contribution in [3.8, 4) is 0 Å². The van der Waals surface area contributed by atoms with E-state index < -0.39 is 17.5 Å². The molecule has 0 saturated heterocycles. The molecule has 0 aromatic heterocycles. The van der Waals surface area contributed by atoms with Crippen LogP contribution in [-0.2, 0) is 4.79 Å². The number of benzene rings is 1. The fraction of sp³-hybridized carbons (Fsp3) is 0.364. The van der Waals surface area contributed by atoms with Gasteiger partial charge in [-0.2, -0.15) is 0 Å². The van der Waals surface area contributed by atoms with Crippen LogP contribution in [-0.4, -0.2) is 16.2 Å². The molecule has 1 atom stereocenters. The van der Waals surface area contributed by atoms with Crippen molar-refractivity contribution in [1.82, 2.24) is 0 Å². The van der Waals surface area contributed by atoms with Crippen LogP contribution in [0.1, 0.15) is 25.5 Å². The van der Waals surface area contributed by atoms with Crippen LogP contribution in [0.25, 0.3) is 0 Å². The smallest absolute Gasteiger partial charge is 0.312 e. The second kappa shape index (κ2) is 4.62. The minimum atomic E-state index is -1.35. The van der Waals surface area contributed by atoms with Crippen molar-refractivity contribution < 1.29 is 15.0 Å². The Morgan fingerprint density at radius 2 is 1.75 bits per heavy atom. The topological polar surface area (TPSA) is 57.5 Å². The number of halogens is 2. The highest BCUT2D eigenvalue weighted by Gasteiger charge is 2.38. The molecule has 16 heavy (non-hydrogen) atoms. The summed E-state index contributed by atoms with van der Waals surface area (Å²) in [5.41, 5.74) is -1.10. The van der Waals surface area contributed by atoms with E-state index in [2.05, 4.69) is 0 Å². The van der Waals surface area contributed by atoms with Gasteiger partial charge in [0.25, 0.3) is 0 Å². The average Bonchev–Trinajstić information content (AvgIpc) is 2.16. The maximum Gasteiger partial charge on any atom is 0.312 e. The molecule has 88 valence electrons. The lowest BCUT2D eigenvalue weighted by atomic mass is 9.83. The third kappa shape index (κ3) is 2.32. The van der Waals surface area contributed by atoms with Crippen molar-refractivity contribution >= 4 is 29.2 Å². The zero-order valence-corrected chi connectivity index (χ0v) is 10.4. The van der Waals surface area contributed by atoms with E-state index in [0.717, 1.165) is 0 Å². The van der Waals surface area contributed by atoms with Crippen LogP contribution in [0, 0.1) is 5.41 Å². The van der Waals surface area contributed by atoms with Gasteiger partial charge in [-0.3, -0.25) is 4.79 Å². The van der Waals surface area contributed by atoms with Gasteiger partial charge in [-0.25, -0.2) is 0 Å². The summed E-state index contributed by atoms with van der Waals surface area (Å²) in [6.07, 6.45) is -1.26. The molecule has 0 radical (unpaired) electrons. The molecule has 5 heteroatoms. The molecule has 0 saturated carbocycles. The summed E-state index contributed by atoms with van der Waals surface area (Å²) in [6, 6.07) is 4.75. The van der Waals surface area contributed by atoms with Gasteiger partial charge in [-0.1, -0.05) is 29.3 Å². The molecule has 0 heterocycles. The van der Waals surface area contributed by atoms with Crippen molar-refractivity contribution in [3.05, 3.63) is 33.8 Å². The van der Waals surface area contributed by atoms with E-state index in [0.29, 0.717) is 0 Å².